The van der Waals surface area contributed by atoms with Crippen LogP contribution in [0.5, 0.6) is 0 Å². The molecule has 0 saturated heterocycles. The van der Waals surface area contributed by atoms with Crippen LogP contribution in [0.2, 0.25) is 0 Å². The average molecular weight is 351 g/mol. The van der Waals surface area contributed by atoms with Crippen molar-refractivity contribution in [2.75, 3.05) is 6.61 Å². The minimum atomic E-state index is 0.0168. The van der Waals surface area contributed by atoms with Gasteiger partial charge in [-0.25, -0.2) is 0 Å². The van der Waals surface area contributed by atoms with Crippen molar-refractivity contribution in [1.29, 1.82) is 5.26 Å². The van der Waals surface area contributed by atoms with Crippen LogP contribution < -0.4 is 0 Å². The van der Waals surface area contributed by atoms with E-state index < -0.39 is 0 Å². The number of nitrogens with zero attached hydrogens (tertiary/aromatic N) is 1. The van der Waals surface area contributed by atoms with Crippen molar-refractivity contribution in [3.8, 4) is 6.07 Å². The van der Waals surface area contributed by atoms with E-state index in [1.54, 1.807) is 6.08 Å². The van der Waals surface area contributed by atoms with Gasteiger partial charge in [-0.05, 0) is 36.8 Å². The minimum Gasteiger partial charge on any atom is -0.374 e. The van der Waals surface area contributed by atoms with Gasteiger partial charge in [-0.2, -0.15) is 5.26 Å². The van der Waals surface area contributed by atoms with Gasteiger partial charge in [0.1, 0.15) is 5.78 Å². The third-order valence-corrected chi connectivity index (χ3v) is 4.71. The highest BCUT2D eigenvalue weighted by atomic mass is 16.5. The molecule has 0 spiro atoms. The zero-order valence-electron chi connectivity index (χ0n) is 15.5. The van der Waals surface area contributed by atoms with Crippen LogP contribution in [0.3, 0.4) is 0 Å². The molecule has 0 aromatic rings. The smallest absolute Gasteiger partial charge is 0.136 e. The Morgan fingerprint density at radius 2 is 1.88 bits per heavy atom. The molecule has 0 fully saturated rings. The van der Waals surface area contributed by atoms with E-state index in [1.165, 1.54) is 11.1 Å². The third-order valence-electron chi connectivity index (χ3n) is 4.71. The summed E-state index contributed by atoms with van der Waals surface area (Å²) < 4.78 is 5.93. The van der Waals surface area contributed by atoms with E-state index in [-0.39, 0.29) is 17.8 Å². The van der Waals surface area contributed by atoms with E-state index in [2.05, 4.69) is 43.0 Å². The molecule has 0 aliphatic heterocycles. The van der Waals surface area contributed by atoms with Crippen LogP contribution in [0.25, 0.3) is 0 Å². The van der Waals surface area contributed by atoms with Crippen molar-refractivity contribution in [1.82, 2.24) is 0 Å². The van der Waals surface area contributed by atoms with Crippen molar-refractivity contribution >= 4 is 5.78 Å². The number of nitriles is 1. The van der Waals surface area contributed by atoms with Crippen molar-refractivity contribution in [3.05, 3.63) is 60.3 Å². The second-order valence-corrected chi connectivity index (χ2v) is 6.85. The molecule has 0 amide bonds. The van der Waals surface area contributed by atoms with Gasteiger partial charge in [0.15, 0.2) is 0 Å². The number of hydrogen-bond donors (Lipinski definition) is 0. The monoisotopic (exact) mass is 351 g/mol. The van der Waals surface area contributed by atoms with E-state index in [1.807, 2.05) is 6.08 Å². The van der Waals surface area contributed by atoms with Crippen LogP contribution in [0.1, 0.15) is 51.4 Å². The molecule has 0 radical (unpaired) electrons. The Morgan fingerprint density at radius 3 is 2.50 bits per heavy atom. The van der Waals surface area contributed by atoms with Crippen molar-refractivity contribution in [2.45, 2.75) is 57.5 Å². The molecule has 2 rings (SSSR count). The van der Waals surface area contributed by atoms with Gasteiger partial charge in [0.25, 0.3) is 0 Å². The van der Waals surface area contributed by atoms with E-state index >= 15 is 0 Å². The lowest BCUT2D eigenvalue weighted by molar-refractivity contribution is -0.118. The highest BCUT2D eigenvalue weighted by molar-refractivity contribution is 5.79. The molecule has 0 saturated carbocycles. The molecule has 3 heteroatoms. The Morgan fingerprint density at radius 1 is 1.15 bits per heavy atom. The van der Waals surface area contributed by atoms with E-state index in [9.17, 15) is 4.79 Å². The maximum Gasteiger partial charge on any atom is 0.136 e. The van der Waals surface area contributed by atoms with Gasteiger partial charge >= 0.3 is 0 Å². The first-order chi connectivity index (χ1) is 12.7. The van der Waals surface area contributed by atoms with Gasteiger partial charge in [0, 0.05) is 19.4 Å². The zero-order valence-corrected chi connectivity index (χ0v) is 15.5. The molecule has 2 atom stereocenters. The molecule has 138 valence electrons. The van der Waals surface area contributed by atoms with Crippen LogP contribution in [0, 0.1) is 17.2 Å². The average Bonchev–Trinajstić information content (AvgIpc) is 2.68. The largest absolute Gasteiger partial charge is 0.374 e. The predicted octanol–water partition coefficient (Wildman–Crippen LogP) is 5.38. The van der Waals surface area contributed by atoms with Crippen LogP contribution in [0.15, 0.2) is 60.3 Å². The summed E-state index contributed by atoms with van der Waals surface area (Å²) in [6.45, 7) is 4.36. The number of ether oxygens (including phenoxy) is 1. The van der Waals surface area contributed by atoms with Crippen LogP contribution >= 0.6 is 0 Å². The van der Waals surface area contributed by atoms with Crippen molar-refractivity contribution in [2.24, 2.45) is 5.92 Å². The number of ketones is 1. The summed E-state index contributed by atoms with van der Waals surface area (Å²) in [6, 6.07) is 2.28. The Kier molecular flexibility index (Phi) is 8.86. The first-order valence-corrected chi connectivity index (χ1v) is 9.64. The summed E-state index contributed by atoms with van der Waals surface area (Å²) in [7, 11) is 0. The number of carbonyl (C=O) groups excluding carboxylic acids is 1. The van der Waals surface area contributed by atoms with Crippen LogP contribution in [-0.4, -0.2) is 18.5 Å². The Labute approximate surface area is 157 Å². The van der Waals surface area contributed by atoms with E-state index in [0.717, 1.165) is 45.1 Å². The van der Waals surface area contributed by atoms with Crippen molar-refractivity contribution in [3.63, 3.8) is 0 Å². The number of unbranched alkanes of at least 4 members (excludes halogenated alkanes) is 3. The summed E-state index contributed by atoms with van der Waals surface area (Å²) in [6.07, 6.45) is 21.6. The number of carbonyl (C=O) groups is 1. The molecule has 0 bridgehead atoms. The summed E-state index contributed by atoms with van der Waals surface area (Å²) in [5.41, 5.74) is 2.43. The Hall–Kier alpha value is -2.18. The first kappa shape index (κ1) is 20.1. The highest BCUT2D eigenvalue weighted by Gasteiger charge is 2.13. The van der Waals surface area contributed by atoms with E-state index in [0.29, 0.717) is 12.8 Å². The van der Waals surface area contributed by atoms with Crippen LogP contribution in [-0.2, 0) is 9.53 Å². The molecule has 0 aromatic carbocycles. The summed E-state index contributed by atoms with van der Waals surface area (Å²) in [5.74, 6) is 0.306. The van der Waals surface area contributed by atoms with Gasteiger partial charge in [-0.1, -0.05) is 55.4 Å². The van der Waals surface area contributed by atoms with Gasteiger partial charge in [-0.3, -0.25) is 4.79 Å². The van der Waals surface area contributed by atoms with Crippen LogP contribution in [0.4, 0.5) is 0 Å². The number of hydrogen-bond acceptors (Lipinski definition) is 3. The molecule has 2 aliphatic carbocycles. The highest BCUT2D eigenvalue weighted by Crippen LogP contribution is 2.25. The first-order valence-electron chi connectivity index (χ1n) is 9.64. The van der Waals surface area contributed by atoms with E-state index in [4.69, 9.17) is 10.00 Å². The molecule has 0 N–H and O–H groups in total. The number of rotatable bonds is 11. The standard InChI is InChI=1S/C23H29NO2/c1-2-7-22(25)8-5-3-4-6-17-26-23-15-13-21(14-16-23)20-11-9-19(18-24)10-12-20/h2,9,11-15,19,23H,1,3-8,10,16-17H2. The van der Waals surface area contributed by atoms with Gasteiger partial charge in [0.2, 0.25) is 0 Å². The molecular formula is C23H29NO2. The van der Waals surface area contributed by atoms with Gasteiger partial charge < -0.3 is 4.74 Å². The Balaban J connectivity index is 1.56. The zero-order chi connectivity index (χ0) is 18.6. The molecule has 2 aliphatic rings. The van der Waals surface area contributed by atoms with Crippen molar-refractivity contribution < 1.29 is 9.53 Å². The SMILES string of the molecule is C=CCC(=O)CCCCCCOC1C=CC(C2=CCC(C#N)C=C2)=CC1. The maximum absolute atomic E-state index is 11.4. The molecule has 26 heavy (non-hydrogen) atoms. The molecule has 3 nitrogen and oxygen atoms in total. The summed E-state index contributed by atoms with van der Waals surface area (Å²) in [5, 5.41) is 8.92. The molecule has 0 aromatic heterocycles. The fourth-order valence-corrected chi connectivity index (χ4v) is 3.14. The van der Waals surface area contributed by atoms with Gasteiger partial charge in [-0.15, -0.1) is 6.58 Å². The lowest BCUT2D eigenvalue weighted by atomic mass is 9.91. The van der Waals surface area contributed by atoms with Gasteiger partial charge in [0.05, 0.1) is 18.1 Å². The lowest BCUT2D eigenvalue weighted by Gasteiger charge is -2.19. The maximum atomic E-state index is 11.4. The fraction of sp³-hybridized carbons (Fsp3) is 0.478. The lowest BCUT2D eigenvalue weighted by Crippen LogP contribution is -2.13. The summed E-state index contributed by atoms with van der Waals surface area (Å²) >= 11 is 0. The Bertz CT molecular complexity index is 646. The summed E-state index contributed by atoms with van der Waals surface area (Å²) in [4.78, 5) is 11.4. The number of allylic oxidation sites excluding steroid dienone is 7. The molecular weight excluding hydrogens is 322 g/mol. The second kappa shape index (κ2) is 11.4. The fourth-order valence-electron chi connectivity index (χ4n) is 3.14. The predicted molar refractivity (Wildman–Crippen MR) is 105 cm³/mol. The topological polar surface area (TPSA) is 50.1 Å². The molecule has 2 unspecified atom stereocenters. The second-order valence-electron chi connectivity index (χ2n) is 6.85. The quantitative estimate of drug-likeness (QED) is 0.371. The minimum absolute atomic E-state index is 0.0168. The molecule has 0 heterocycles. The number of Topliss-reactive ketones (excluding diaryl/α,β-unsaturated/α-hetero) is 1. The normalized spacial score (nSPS) is 21.7. The third kappa shape index (κ3) is 6.98.